The highest BCUT2D eigenvalue weighted by atomic mass is 16.5. The highest BCUT2D eigenvalue weighted by Gasteiger charge is 2.24. The number of unbranched alkanes of at least 4 members (excludes halogenated alkanes) is 22. The van der Waals surface area contributed by atoms with E-state index in [4.69, 9.17) is 4.74 Å². The number of aliphatic hydroxyl groups is 2. The van der Waals surface area contributed by atoms with Crippen LogP contribution in [0, 0.1) is 0 Å². The van der Waals surface area contributed by atoms with Crippen LogP contribution < -0.4 is 5.32 Å². The van der Waals surface area contributed by atoms with Gasteiger partial charge < -0.3 is 20.3 Å². The van der Waals surface area contributed by atoms with Crippen LogP contribution in [0.15, 0.2) is 72.9 Å². The van der Waals surface area contributed by atoms with E-state index in [9.17, 15) is 19.8 Å². The van der Waals surface area contributed by atoms with Crippen LogP contribution in [-0.2, 0) is 14.3 Å². The molecular weight excluding hydrogens is 719 g/mol. The Bertz CT molecular complexity index is 1090. The summed E-state index contributed by atoms with van der Waals surface area (Å²) in [6, 6.07) is -0.716. The molecule has 0 aromatic heterocycles. The van der Waals surface area contributed by atoms with E-state index < -0.39 is 18.2 Å². The summed E-state index contributed by atoms with van der Waals surface area (Å²) in [5.74, 6) is -0.537. The van der Waals surface area contributed by atoms with Gasteiger partial charge in [-0.3, -0.25) is 9.59 Å². The van der Waals surface area contributed by atoms with Crippen molar-refractivity contribution >= 4 is 11.9 Å². The molecule has 0 spiro atoms. The van der Waals surface area contributed by atoms with Crippen LogP contribution in [0.3, 0.4) is 0 Å². The molecule has 0 aromatic carbocycles. The van der Waals surface area contributed by atoms with Crippen molar-refractivity contribution in [1.29, 1.82) is 0 Å². The lowest BCUT2D eigenvalue weighted by Crippen LogP contribution is -2.46. The Morgan fingerprint density at radius 2 is 0.948 bits per heavy atom. The molecule has 0 saturated heterocycles. The SMILES string of the molecule is CCC/C=C/C=C/C=C/C=C/C=C/CCCCCCCC(=O)OC(CCC/C=C\CCCCCCCCC)CC(=O)NC(CO)C(O)CCCCCCCCCCC. The van der Waals surface area contributed by atoms with E-state index in [1.54, 1.807) is 0 Å². The number of carbonyl (C=O) groups is 2. The van der Waals surface area contributed by atoms with Crippen molar-refractivity contribution in [2.45, 2.75) is 238 Å². The number of aliphatic hydroxyl groups excluding tert-OH is 2. The maximum atomic E-state index is 13.1. The van der Waals surface area contributed by atoms with Gasteiger partial charge in [-0.05, 0) is 64.2 Å². The second-order valence-electron chi connectivity index (χ2n) is 16.3. The van der Waals surface area contributed by atoms with Gasteiger partial charge in [0, 0.05) is 6.42 Å². The Morgan fingerprint density at radius 3 is 1.48 bits per heavy atom. The molecule has 0 fully saturated rings. The van der Waals surface area contributed by atoms with E-state index in [-0.39, 0.29) is 24.9 Å². The van der Waals surface area contributed by atoms with Crippen molar-refractivity contribution in [3.05, 3.63) is 72.9 Å². The van der Waals surface area contributed by atoms with Crippen LogP contribution in [0.5, 0.6) is 0 Å². The van der Waals surface area contributed by atoms with Crippen molar-refractivity contribution in [2.75, 3.05) is 6.61 Å². The third-order valence-corrected chi connectivity index (χ3v) is 10.6. The van der Waals surface area contributed by atoms with E-state index >= 15 is 0 Å². The minimum atomic E-state index is -0.799. The Kier molecular flexibility index (Phi) is 43.3. The van der Waals surface area contributed by atoms with Gasteiger partial charge >= 0.3 is 5.97 Å². The number of hydrogen-bond donors (Lipinski definition) is 3. The lowest BCUT2D eigenvalue weighted by atomic mass is 10.0. The molecule has 3 N–H and O–H groups in total. The predicted molar refractivity (Wildman–Crippen MR) is 250 cm³/mol. The van der Waals surface area contributed by atoms with Crippen LogP contribution in [-0.4, -0.2) is 46.9 Å². The van der Waals surface area contributed by atoms with Gasteiger partial charge in [-0.2, -0.15) is 0 Å². The van der Waals surface area contributed by atoms with Crippen molar-refractivity contribution < 1.29 is 24.5 Å². The maximum absolute atomic E-state index is 13.1. The summed E-state index contributed by atoms with van der Waals surface area (Å²) < 4.78 is 5.89. The first-order chi connectivity index (χ1) is 28.5. The van der Waals surface area contributed by atoms with Gasteiger partial charge in [-0.25, -0.2) is 0 Å². The van der Waals surface area contributed by atoms with Crippen LogP contribution in [0.1, 0.15) is 220 Å². The predicted octanol–water partition coefficient (Wildman–Crippen LogP) is 14.2. The zero-order chi connectivity index (χ0) is 42.4. The Labute approximate surface area is 358 Å². The van der Waals surface area contributed by atoms with Gasteiger partial charge in [0.05, 0.1) is 25.2 Å². The summed E-state index contributed by atoms with van der Waals surface area (Å²) in [5, 5.41) is 23.6. The highest BCUT2D eigenvalue weighted by Crippen LogP contribution is 2.16. The van der Waals surface area contributed by atoms with Crippen LogP contribution in [0.2, 0.25) is 0 Å². The Balaban J connectivity index is 4.66. The number of hydrogen-bond acceptors (Lipinski definition) is 5. The van der Waals surface area contributed by atoms with Crippen LogP contribution >= 0.6 is 0 Å². The minimum Gasteiger partial charge on any atom is -0.462 e. The number of allylic oxidation sites excluding steroid dienone is 12. The topological polar surface area (TPSA) is 95.9 Å². The fourth-order valence-electron chi connectivity index (χ4n) is 6.93. The van der Waals surface area contributed by atoms with Crippen molar-refractivity contribution in [3.63, 3.8) is 0 Å². The molecule has 0 saturated carbocycles. The third kappa shape index (κ3) is 40.1. The van der Waals surface area contributed by atoms with Crippen molar-refractivity contribution in [1.82, 2.24) is 5.32 Å². The summed E-state index contributed by atoms with van der Waals surface area (Å²) >= 11 is 0. The van der Waals surface area contributed by atoms with Gasteiger partial charge in [0.15, 0.2) is 0 Å². The quantitative estimate of drug-likeness (QED) is 0.0247. The second kappa shape index (κ2) is 45.4. The van der Waals surface area contributed by atoms with Crippen molar-refractivity contribution in [2.24, 2.45) is 0 Å². The largest absolute Gasteiger partial charge is 0.462 e. The average molecular weight is 810 g/mol. The average Bonchev–Trinajstić information content (AvgIpc) is 3.22. The molecular formula is C52H91NO5. The van der Waals surface area contributed by atoms with Gasteiger partial charge in [-0.15, -0.1) is 0 Å². The lowest BCUT2D eigenvalue weighted by Gasteiger charge is -2.24. The number of amides is 1. The molecule has 0 radical (unpaired) electrons. The van der Waals surface area contributed by atoms with Crippen LogP contribution in [0.4, 0.5) is 0 Å². The molecule has 0 aliphatic carbocycles. The molecule has 0 rings (SSSR count). The second-order valence-corrected chi connectivity index (χ2v) is 16.3. The Hall–Kier alpha value is -2.70. The van der Waals surface area contributed by atoms with Crippen LogP contribution in [0.25, 0.3) is 0 Å². The zero-order valence-corrected chi connectivity index (χ0v) is 37.9. The number of carbonyl (C=O) groups excluding carboxylic acids is 2. The van der Waals surface area contributed by atoms with E-state index in [1.165, 1.54) is 89.9 Å². The van der Waals surface area contributed by atoms with Gasteiger partial charge in [0.25, 0.3) is 0 Å². The molecule has 0 heterocycles. The lowest BCUT2D eigenvalue weighted by molar-refractivity contribution is -0.151. The number of nitrogens with one attached hydrogen (secondary N) is 1. The van der Waals surface area contributed by atoms with Gasteiger partial charge in [0.1, 0.15) is 6.10 Å². The normalized spacial score (nSPS) is 13.9. The van der Waals surface area contributed by atoms with Crippen molar-refractivity contribution in [3.8, 4) is 0 Å². The van der Waals surface area contributed by atoms with Gasteiger partial charge in [-0.1, -0.05) is 216 Å². The first kappa shape index (κ1) is 55.3. The molecule has 0 aliphatic heterocycles. The molecule has 3 unspecified atom stereocenters. The minimum absolute atomic E-state index is 0.0432. The van der Waals surface area contributed by atoms with E-state index in [2.05, 4.69) is 74.7 Å². The standard InChI is InChI=1S/C52H91NO5/c1-4-7-10-13-16-19-21-23-24-25-26-27-28-30-33-36-39-42-45-52(57)58-48(43-40-37-34-32-29-22-20-17-14-11-8-5-2)46-51(56)53-49(47-54)50(55)44-41-38-35-31-18-15-12-9-6-3/h10,13,16,19,21,23-27,32,34,48-50,54-55H,4-9,11-12,14-15,17-18,20,22,28-31,33,35-47H2,1-3H3,(H,53,56)/b13-10+,19-16+,23-21+,25-24+,27-26+,34-32-. The molecule has 6 heteroatoms. The zero-order valence-electron chi connectivity index (χ0n) is 37.9. The number of ether oxygens (including phenoxy) is 1. The van der Waals surface area contributed by atoms with Gasteiger partial charge in [0.2, 0.25) is 5.91 Å². The van der Waals surface area contributed by atoms with E-state index in [0.29, 0.717) is 19.3 Å². The maximum Gasteiger partial charge on any atom is 0.306 e. The summed E-state index contributed by atoms with van der Waals surface area (Å²) in [6.07, 6.45) is 56.7. The number of rotatable bonds is 42. The third-order valence-electron chi connectivity index (χ3n) is 10.6. The summed E-state index contributed by atoms with van der Waals surface area (Å²) in [4.78, 5) is 26.0. The molecule has 6 nitrogen and oxygen atoms in total. The fraction of sp³-hybridized carbons (Fsp3) is 0.731. The highest BCUT2D eigenvalue weighted by molar-refractivity contribution is 5.77. The summed E-state index contributed by atoms with van der Waals surface area (Å²) in [6.45, 7) is 6.34. The molecule has 3 atom stereocenters. The first-order valence-corrected chi connectivity index (χ1v) is 24.2. The molecule has 0 aliphatic rings. The first-order valence-electron chi connectivity index (χ1n) is 24.2. The summed E-state index contributed by atoms with van der Waals surface area (Å²) in [7, 11) is 0. The molecule has 0 aromatic rings. The fourth-order valence-corrected chi connectivity index (χ4v) is 6.93. The monoisotopic (exact) mass is 810 g/mol. The van der Waals surface area contributed by atoms with E-state index in [0.717, 1.165) is 83.5 Å². The summed E-state index contributed by atoms with van der Waals surface area (Å²) in [5.41, 5.74) is 0. The Morgan fingerprint density at radius 1 is 0.500 bits per heavy atom. The van der Waals surface area contributed by atoms with E-state index in [1.807, 2.05) is 24.3 Å². The smallest absolute Gasteiger partial charge is 0.306 e. The molecule has 334 valence electrons. The molecule has 0 bridgehead atoms. The molecule has 58 heavy (non-hydrogen) atoms. The molecule has 1 amide bonds. The number of esters is 1.